The van der Waals surface area contributed by atoms with Crippen LogP contribution < -0.4 is 5.32 Å². The minimum absolute atomic E-state index is 0.458. The molecule has 0 bridgehead atoms. The number of rotatable bonds is 5. The summed E-state index contributed by atoms with van der Waals surface area (Å²) in [6.07, 6.45) is 0.709. The van der Waals surface area contributed by atoms with E-state index in [4.69, 9.17) is 0 Å². The Bertz CT molecular complexity index is 548. The molecule has 0 aliphatic carbocycles. The van der Waals surface area contributed by atoms with E-state index in [0.29, 0.717) is 12.5 Å². The van der Waals surface area contributed by atoms with E-state index < -0.39 is 0 Å². The molecule has 2 aromatic heterocycles. The van der Waals surface area contributed by atoms with Gasteiger partial charge in [-0.3, -0.25) is 0 Å². The predicted octanol–water partition coefficient (Wildman–Crippen LogP) is 2.64. The van der Waals surface area contributed by atoms with Crippen LogP contribution in [0.5, 0.6) is 0 Å². The van der Waals surface area contributed by atoms with Crippen LogP contribution in [0.1, 0.15) is 41.8 Å². The molecule has 2 rings (SSSR count). The van der Waals surface area contributed by atoms with Gasteiger partial charge < -0.3 is 5.32 Å². The van der Waals surface area contributed by atoms with Crippen LogP contribution in [0.15, 0.2) is 11.4 Å². The highest BCUT2D eigenvalue weighted by atomic mass is 32.1. The molecule has 0 spiro atoms. The molecular formula is C14H20N4S. The van der Waals surface area contributed by atoms with E-state index in [0.717, 1.165) is 34.5 Å². The Kier molecular flexibility index (Phi) is 4.61. The lowest BCUT2D eigenvalue weighted by atomic mass is 10.2. The molecule has 0 amide bonds. The number of hydrogen-bond donors (Lipinski definition) is 1. The Morgan fingerprint density at radius 2 is 1.95 bits per heavy atom. The smallest absolute Gasteiger partial charge is 0.134 e. The maximum absolute atomic E-state index is 4.60. The van der Waals surface area contributed by atoms with Gasteiger partial charge in [0, 0.05) is 23.7 Å². The lowest BCUT2D eigenvalue weighted by Crippen LogP contribution is -2.23. The van der Waals surface area contributed by atoms with Crippen molar-refractivity contribution in [3.05, 3.63) is 39.4 Å². The van der Waals surface area contributed by atoms with Crippen LogP contribution in [0.3, 0.4) is 0 Å². The van der Waals surface area contributed by atoms with Gasteiger partial charge in [-0.1, -0.05) is 13.8 Å². The van der Waals surface area contributed by atoms with Gasteiger partial charge in [0.05, 0.1) is 22.8 Å². The van der Waals surface area contributed by atoms with Crippen molar-refractivity contribution >= 4 is 11.3 Å². The number of aromatic nitrogens is 3. The summed E-state index contributed by atoms with van der Waals surface area (Å²) < 4.78 is 0. The molecule has 0 aromatic carbocycles. The summed E-state index contributed by atoms with van der Waals surface area (Å²) in [5.41, 5.74) is 3.11. The second-order valence-corrected chi connectivity index (χ2v) is 6.05. The molecule has 0 aliphatic heterocycles. The van der Waals surface area contributed by atoms with Crippen LogP contribution in [0.4, 0.5) is 0 Å². The lowest BCUT2D eigenvalue weighted by molar-refractivity contribution is 0.578. The molecule has 4 nitrogen and oxygen atoms in total. The van der Waals surface area contributed by atoms with Gasteiger partial charge >= 0.3 is 0 Å². The highest BCUT2D eigenvalue weighted by Gasteiger charge is 2.06. The van der Waals surface area contributed by atoms with Crippen LogP contribution in [0.25, 0.3) is 0 Å². The van der Waals surface area contributed by atoms with Crippen molar-refractivity contribution in [1.29, 1.82) is 0 Å². The highest BCUT2D eigenvalue weighted by molar-refractivity contribution is 7.09. The molecular weight excluding hydrogens is 256 g/mol. The summed E-state index contributed by atoms with van der Waals surface area (Å²) in [5.74, 6) is 0.853. The number of hydrogen-bond acceptors (Lipinski definition) is 5. The first-order valence-electron chi connectivity index (χ1n) is 6.51. The van der Waals surface area contributed by atoms with Gasteiger partial charge in [0.25, 0.3) is 0 Å². The summed E-state index contributed by atoms with van der Waals surface area (Å²) in [5, 5.41) is 6.54. The zero-order valence-corrected chi connectivity index (χ0v) is 12.7. The predicted molar refractivity (Wildman–Crippen MR) is 78.4 cm³/mol. The third-order valence-corrected chi connectivity index (χ3v) is 3.47. The first-order chi connectivity index (χ1) is 9.02. The summed E-state index contributed by atoms with van der Waals surface area (Å²) in [6, 6.07) is 2.49. The largest absolute Gasteiger partial charge is 0.309 e. The maximum atomic E-state index is 4.60. The van der Waals surface area contributed by atoms with Crippen molar-refractivity contribution in [3.8, 4) is 0 Å². The Balaban J connectivity index is 2.12. The van der Waals surface area contributed by atoms with Gasteiger partial charge in [-0.25, -0.2) is 15.0 Å². The van der Waals surface area contributed by atoms with Gasteiger partial charge in [0.1, 0.15) is 5.82 Å². The van der Waals surface area contributed by atoms with E-state index in [9.17, 15) is 0 Å². The second kappa shape index (κ2) is 6.21. The number of nitrogens with zero attached hydrogens (tertiary/aromatic N) is 3. The normalized spacial score (nSPS) is 11.2. The van der Waals surface area contributed by atoms with Crippen LogP contribution in [0.2, 0.25) is 0 Å². The molecule has 5 heteroatoms. The highest BCUT2D eigenvalue weighted by Crippen LogP contribution is 2.12. The van der Waals surface area contributed by atoms with Crippen LogP contribution >= 0.6 is 11.3 Å². The van der Waals surface area contributed by atoms with Gasteiger partial charge in [0.2, 0.25) is 0 Å². The Hall–Kier alpha value is -1.33. The maximum Gasteiger partial charge on any atom is 0.134 e. The topological polar surface area (TPSA) is 50.7 Å². The Morgan fingerprint density at radius 1 is 1.16 bits per heavy atom. The van der Waals surface area contributed by atoms with Crippen molar-refractivity contribution in [2.24, 2.45) is 0 Å². The fourth-order valence-electron chi connectivity index (χ4n) is 1.83. The van der Waals surface area contributed by atoms with Crippen molar-refractivity contribution in [3.63, 3.8) is 0 Å². The molecule has 2 aromatic rings. The van der Waals surface area contributed by atoms with E-state index in [1.54, 1.807) is 11.3 Å². The molecule has 0 radical (unpaired) electrons. The molecule has 1 N–H and O–H groups in total. The summed E-state index contributed by atoms with van der Waals surface area (Å²) in [7, 11) is 0. The minimum atomic E-state index is 0.458. The molecule has 0 aliphatic rings. The average Bonchev–Trinajstić information content (AvgIpc) is 2.71. The number of thiazole rings is 1. The molecule has 2 heterocycles. The minimum Gasteiger partial charge on any atom is -0.309 e. The van der Waals surface area contributed by atoms with E-state index in [1.807, 2.05) is 19.9 Å². The van der Waals surface area contributed by atoms with Gasteiger partial charge in [-0.15, -0.1) is 11.3 Å². The third-order valence-electron chi connectivity index (χ3n) is 2.65. The molecule has 0 fully saturated rings. The standard InChI is InChI=1S/C14H20N4S/c1-9(2)15-7-12-5-10(3)16-14(18-12)6-13-8-19-11(4)17-13/h5,8-9,15H,6-7H2,1-4H3. The van der Waals surface area contributed by atoms with Crippen molar-refractivity contribution in [2.75, 3.05) is 0 Å². The SMILES string of the molecule is Cc1cc(CNC(C)C)nc(Cc2csc(C)n2)n1. The van der Waals surface area contributed by atoms with Gasteiger partial charge in [-0.05, 0) is 19.9 Å². The molecule has 102 valence electrons. The van der Waals surface area contributed by atoms with Crippen molar-refractivity contribution < 1.29 is 0 Å². The monoisotopic (exact) mass is 276 g/mol. The van der Waals surface area contributed by atoms with Crippen LogP contribution in [-0.2, 0) is 13.0 Å². The van der Waals surface area contributed by atoms with E-state index in [2.05, 4.69) is 39.5 Å². The van der Waals surface area contributed by atoms with Gasteiger partial charge in [0.15, 0.2) is 0 Å². The van der Waals surface area contributed by atoms with Crippen LogP contribution in [0, 0.1) is 13.8 Å². The molecule has 0 atom stereocenters. The lowest BCUT2D eigenvalue weighted by Gasteiger charge is -2.09. The molecule has 0 saturated carbocycles. The second-order valence-electron chi connectivity index (χ2n) is 4.99. The molecule has 19 heavy (non-hydrogen) atoms. The zero-order chi connectivity index (χ0) is 13.8. The number of nitrogens with one attached hydrogen (secondary N) is 1. The summed E-state index contributed by atoms with van der Waals surface area (Å²) >= 11 is 1.67. The fraction of sp³-hybridized carbons (Fsp3) is 0.500. The Morgan fingerprint density at radius 3 is 2.58 bits per heavy atom. The Labute approximate surface area is 118 Å². The first-order valence-corrected chi connectivity index (χ1v) is 7.38. The number of aryl methyl sites for hydroxylation is 2. The van der Waals surface area contributed by atoms with Crippen LogP contribution in [-0.4, -0.2) is 21.0 Å². The summed E-state index contributed by atoms with van der Waals surface area (Å²) in [6.45, 7) is 9.07. The first kappa shape index (κ1) is 14.1. The quantitative estimate of drug-likeness (QED) is 0.912. The summed E-state index contributed by atoms with van der Waals surface area (Å²) in [4.78, 5) is 13.6. The van der Waals surface area contributed by atoms with E-state index in [-0.39, 0.29) is 0 Å². The van der Waals surface area contributed by atoms with Crippen molar-refractivity contribution in [1.82, 2.24) is 20.3 Å². The van der Waals surface area contributed by atoms with E-state index >= 15 is 0 Å². The van der Waals surface area contributed by atoms with Crippen molar-refractivity contribution in [2.45, 2.75) is 46.7 Å². The molecule has 0 unspecified atom stereocenters. The average molecular weight is 276 g/mol. The molecule has 0 saturated heterocycles. The zero-order valence-electron chi connectivity index (χ0n) is 11.9. The third kappa shape index (κ3) is 4.36. The van der Waals surface area contributed by atoms with Gasteiger partial charge in [-0.2, -0.15) is 0 Å². The van der Waals surface area contributed by atoms with E-state index in [1.165, 1.54) is 0 Å². The fourth-order valence-corrected chi connectivity index (χ4v) is 2.44.